The van der Waals surface area contributed by atoms with Gasteiger partial charge < -0.3 is 11.1 Å². The second-order valence-corrected chi connectivity index (χ2v) is 6.23. The van der Waals surface area contributed by atoms with Crippen LogP contribution in [0.4, 0.5) is 17.1 Å². The maximum absolute atomic E-state index is 11.3. The third-order valence-electron chi connectivity index (χ3n) is 3.23. The van der Waals surface area contributed by atoms with Gasteiger partial charge in [-0.15, -0.1) is 0 Å². The minimum atomic E-state index is -3.74. The lowest BCUT2D eigenvalue weighted by atomic mass is 10.1. The third kappa shape index (κ3) is 2.92. The predicted octanol–water partition coefficient (Wildman–Crippen LogP) is 2.28. The summed E-state index contributed by atoms with van der Waals surface area (Å²) in [5, 5.41) is 8.27. The fourth-order valence-corrected chi connectivity index (χ4v) is 2.41. The molecule has 6 heteroatoms. The van der Waals surface area contributed by atoms with Crippen molar-refractivity contribution in [2.75, 3.05) is 11.1 Å². The summed E-state index contributed by atoms with van der Waals surface area (Å²) in [6, 6.07) is 10.3. The Labute approximate surface area is 118 Å². The normalized spacial score (nSPS) is 11.3. The van der Waals surface area contributed by atoms with Gasteiger partial charge in [0.2, 0.25) is 10.0 Å². The van der Waals surface area contributed by atoms with Gasteiger partial charge in [0.15, 0.2) is 0 Å². The van der Waals surface area contributed by atoms with Crippen LogP contribution in [-0.4, -0.2) is 8.42 Å². The first kappa shape index (κ1) is 14.4. The molecule has 2 aromatic carbocycles. The Morgan fingerprint density at radius 3 is 2.35 bits per heavy atom. The van der Waals surface area contributed by atoms with Crippen molar-refractivity contribution in [2.24, 2.45) is 5.14 Å². The van der Waals surface area contributed by atoms with E-state index in [2.05, 4.69) is 5.32 Å². The molecule has 0 aliphatic rings. The van der Waals surface area contributed by atoms with Gasteiger partial charge >= 0.3 is 0 Å². The van der Waals surface area contributed by atoms with E-state index in [4.69, 9.17) is 10.9 Å². The van der Waals surface area contributed by atoms with E-state index in [0.29, 0.717) is 11.4 Å². The largest absolute Gasteiger partial charge is 0.397 e. The summed E-state index contributed by atoms with van der Waals surface area (Å²) in [7, 11) is -3.74. The highest BCUT2D eigenvalue weighted by atomic mass is 32.2. The van der Waals surface area contributed by atoms with Gasteiger partial charge in [0.05, 0.1) is 16.3 Å². The molecule has 0 aliphatic heterocycles. The van der Waals surface area contributed by atoms with E-state index in [1.165, 1.54) is 12.1 Å². The quantitative estimate of drug-likeness (QED) is 0.755. The van der Waals surface area contributed by atoms with Crippen molar-refractivity contribution >= 4 is 27.1 Å². The number of anilines is 3. The van der Waals surface area contributed by atoms with Gasteiger partial charge in [0.25, 0.3) is 0 Å². The van der Waals surface area contributed by atoms with Crippen molar-refractivity contribution in [1.29, 1.82) is 0 Å². The van der Waals surface area contributed by atoms with E-state index in [1.54, 1.807) is 6.07 Å². The zero-order valence-electron chi connectivity index (χ0n) is 11.3. The molecule has 0 heterocycles. The topological polar surface area (TPSA) is 98.2 Å². The molecule has 0 radical (unpaired) electrons. The SMILES string of the molecule is Cc1cccc(Nc2ccc(S(N)(=O)=O)cc2N)c1C. The van der Waals surface area contributed by atoms with Gasteiger partial charge in [-0.25, -0.2) is 13.6 Å². The van der Waals surface area contributed by atoms with Crippen molar-refractivity contribution in [3.05, 3.63) is 47.5 Å². The first-order valence-corrected chi connectivity index (χ1v) is 7.59. The Bertz CT molecular complexity index is 755. The van der Waals surface area contributed by atoms with Gasteiger partial charge in [-0.2, -0.15) is 0 Å². The average Bonchev–Trinajstić information content (AvgIpc) is 2.36. The smallest absolute Gasteiger partial charge is 0.238 e. The molecule has 2 aromatic rings. The number of hydrogen-bond donors (Lipinski definition) is 3. The molecule has 0 aliphatic carbocycles. The molecule has 0 aromatic heterocycles. The maximum Gasteiger partial charge on any atom is 0.238 e. The van der Waals surface area contributed by atoms with E-state index in [0.717, 1.165) is 16.8 Å². The van der Waals surface area contributed by atoms with Crippen LogP contribution in [0.2, 0.25) is 0 Å². The number of nitrogens with two attached hydrogens (primary N) is 2. The number of sulfonamides is 1. The molecule has 5 N–H and O–H groups in total. The molecule has 106 valence electrons. The second kappa shape index (κ2) is 5.15. The van der Waals surface area contributed by atoms with Crippen LogP contribution in [0, 0.1) is 13.8 Å². The Balaban J connectivity index is 2.38. The van der Waals surface area contributed by atoms with Gasteiger partial charge in [-0.05, 0) is 49.2 Å². The van der Waals surface area contributed by atoms with Crippen LogP contribution in [-0.2, 0) is 10.0 Å². The molecule has 0 amide bonds. The zero-order chi connectivity index (χ0) is 14.9. The maximum atomic E-state index is 11.3. The fourth-order valence-electron chi connectivity index (χ4n) is 1.86. The molecule has 0 saturated heterocycles. The summed E-state index contributed by atoms with van der Waals surface area (Å²) >= 11 is 0. The lowest BCUT2D eigenvalue weighted by Gasteiger charge is -2.13. The monoisotopic (exact) mass is 291 g/mol. The molecular weight excluding hydrogens is 274 g/mol. The van der Waals surface area contributed by atoms with Crippen LogP contribution in [0.1, 0.15) is 11.1 Å². The Kier molecular flexibility index (Phi) is 3.69. The van der Waals surface area contributed by atoms with Crippen LogP contribution >= 0.6 is 0 Å². The fraction of sp³-hybridized carbons (Fsp3) is 0.143. The zero-order valence-corrected chi connectivity index (χ0v) is 12.2. The molecule has 0 spiro atoms. The Hall–Kier alpha value is -2.05. The van der Waals surface area contributed by atoms with Gasteiger partial charge in [0, 0.05) is 5.69 Å². The summed E-state index contributed by atoms with van der Waals surface area (Å²) < 4.78 is 22.5. The Morgan fingerprint density at radius 1 is 1.05 bits per heavy atom. The van der Waals surface area contributed by atoms with Crippen LogP contribution in [0.3, 0.4) is 0 Å². The average molecular weight is 291 g/mol. The summed E-state index contributed by atoms with van der Waals surface area (Å²) in [6.45, 7) is 4.03. The highest BCUT2D eigenvalue weighted by Gasteiger charge is 2.10. The van der Waals surface area contributed by atoms with E-state index < -0.39 is 10.0 Å². The van der Waals surface area contributed by atoms with E-state index in [9.17, 15) is 8.42 Å². The molecule has 0 atom stereocenters. The number of benzene rings is 2. The highest BCUT2D eigenvalue weighted by Crippen LogP contribution is 2.28. The van der Waals surface area contributed by atoms with Crippen molar-refractivity contribution in [3.8, 4) is 0 Å². The van der Waals surface area contributed by atoms with Crippen molar-refractivity contribution in [2.45, 2.75) is 18.7 Å². The Morgan fingerprint density at radius 2 is 1.75 bits per heavy atom. The summed E-state index contributed by atoms with van der Waals surface area (Å²) in [6.07, 6.45) is 0. The van der Waals surface area contributed by atoms with Gasteiger partial charge in [0.1, 0.15) is 0 Å². The van der Waals surface area contributed by atoms with Gasteiger partial charge in [-0.1, -0.05) is 12.1 Å². The number of nitrogens with one attached hydrogen (secondary N) is 1. The van der Waals surface area contributed by atoms with Gasteiger partial charge in [-0.3, -0.25) is 0 Å². The van der Waals surface area contributed by atoms with E-state index in [-0.39, 0.29) is 4.90 Å². The molecule has 0 bridgehead atoms. The minimum Gasteiger partial charge on any atom is -0.397 e. The molecule has 2 rings (SSSR count). The van der Waals surface area contributed by atoms with Crippen LogP contribution < -0.4 is 16.2 Å². The number of rotatable bonds is 3. The van der Waals surface area contributed by atoms with Crippen LogP contribution in [0.15, 0.2) is 41.3 Å². The summed E-state index contributed by atoms with van der Waals surface area (Å²) in [5.74, 6) is 0. The van der Waals surface area contributed by atoms with Crippen molar-refractivity contribution < 1.29 is 8.42 Å². The number of hydrogen-bond acceptors (Lipinski definition) is 4. The molecule has 0 unspecified atom stereocenters. The number of primary sulfonamides is 1. The number of aryl methyl sites for hydroxylation is 1. The van der Waals surface area contributed by atoms with Crippen molar-refractivity contribution in [3.63, 3.8) is 0 Å². The summed E-state index contributed by atoms with van der Waals surface area (Å²) in [5.41, 5.74) is 10.1. The summed E-state index contributed by atoms with van der Waals surface area (Å²) in [4.78, 5) is 0.00140. The first-order chi connectivity index (χ1) is 9.29. The third-order valence-corrected chi connectivity index (χ3v) is 4.14. The van der Waals surface area contributed by atoms with Crippen LogP contribution in [0.25, 0.3) is 0 Å². The molecule has 0 saturated carbocycles. The van der Waals surface area contributed by atoms with Crippen molar-refractivity contribution in [1.82, 2.24) is 0 Å². The minimum absolute atomic E-state index is 0.00140. The number of nitrogen functional groups attached to an aromatic ring is 1. The molecular formula is C14H17N3O2S. The lowest BCUT2D eigenvalue weighted by molar-refractivity contribution is 0.598. The first-order valence-electron chi connectivity index (χ1n) is 6.04. The lowest BCUT2D eigenvalue weighted by Crippen LogP contribution is -2.12. The predicted molar refractivity (Wildman–Crippen MR) is 81.4 cm³/mol. The van der Waals surface area contributed by atoms with Crippen LogP contribution in [0.5, 0.6) is 0 Å². The molecule has 0 fully saturated rings. The molecule has 20 heavy (non-hydrogen) atoms. The van der Waals surface area contributed by atoms with E-state index >= 15 is 0 Å². The highest BCUT2D eigenvalue weighted by molar-refractivity contribution is 7.89. The van der Waals surface area contributed by atoms with E-state index in [1.807, 2.05) is 32.0 Å². The second-order valence-electron chi connectivity index (χ2n) is 4.67. The molecule has 5 nitrogen and oxygen atoms in total. The standard InChI is InChI=1S/C14H17N3O2S/c1-9-4-3-5-13(10(9)2)17-14-7-6-11(8-12(14)15)20(16,18)19/h3-8,17H,15H2,1-2H3,(H2,16,18,19).